The standard InChI is InChI=1S/C11H18OSi/c1-9(2)8-11(12-13)10-6-4-3-5-7-10/h3-7,9,11H,8H2,1-2,13H3. The van der Waals surface area contributed by atoms with Crippen LogP contribution in [-0.2, 0) is 4.43 Å². The highest BCUT2D eigenvalue weighted by molar-refractivity contribution is 5.98. The molecule has 13 heavy (non-hydrogen) atoms. The van der Waals surface area contributed by atoms with Gasteiger partial charge in [0.1, 0.15) is 10.5 Å². The van der Waals surface area contributed by atoms with Crippen molar-refractivity contribution in [3.05, 3.63) is 35.9 Å². The number of hydrogen-bond acceptors (Lipinski definition) is 1. The fourth-order valence-electron chi connectivity index (χ4n) is 1.46. The van der Waals surface area contributed by atoms with Crippen LogP contribution in [0, 0.1) is 5.92 Å². The first kappa shape index (κ1) is 10.5. The SMILES string of the molecule is CC(C)CC(O[SiH3])c1ccccc1. The molecule has 2 heteroatoms. The summed E-state index contributed by atoms with van der Waals surface area (Å²) >= 11 is 0. The maximum absolute atomic E-state index is 5.59. The fourth-order valence-corrected chi connectivity index (χ4v) is 1.93. The minimum Gasteiger partial charge on any atom is -0.421 e. The molecule has 0 spiro atoms. The van der Waals surface area contributed by atoms with E-state index >= 15 is 0 Å². The van der Waals surface area contributed by atoms with Crippen LogP contribution in [0.1, 0.15) is 31.9 Å². The molecule has 1 atom stereocenters. The monoisotopic (exact) mass is 194 g/mol. The average molecular weight is 194 g/mol. The first-order valence-corrected chi connectivity index (χ1v) is 5.63. The van der Waals surface area contributed by atoms with E-state index in [0.29, 0.717) is 12.0 Å². The van der Waals surface area contributed by atoms with E-state index < -0.39 is 0 Å². The zero-order chi connectivity index (χ0) is 9.68. The Labute approximate surface area is 83.7 Å². The van der Waals surface area contributed by atoms with Gasteiger partial charge in [-0.25, -0.2) is 0 Å². The Bertz CT molecular complexity index is 233. The van der Waals surface area contributed by atoms with Gasteiger partial charge in [-0.15, -0.1) is 0 Å². The molecular weight excluding hydrogens is 176 g/mol. The summed E-state index contributed by atoms with van der Waals surface area (Å²) in [5, 5.41) is 0. The molecule has 0 saturated heterocycles. The van der Waals surface area contributed by atoms with Gasteiger partial charge < -0.3 is 4.43 Å². The lowest BCUT2D eigenvalue weighted by molar-refractivity contribution is 0.195. The fraction of sp³-hybridized carbons (Fsp3) is 0.455. The molecule has 0 saturated carbocycles. The third-order valence-corrected chi connectivity index (χ3v) is 2.71. The minimum atomic E-state index is 0.313. The summed E-state index contributed by atoms with van der Waals surface area (Å²) < 4.78 is 5.59. The Morgan fingerprint density at radius 2 is 1.85 bits per heavy atom. The molecule has 72 valence electrons. The van der Waals surface area contributed by atoms with Gasteiger partial charge in [0, 0.05) is 0 Å². The molecule has 1 aromatic rings. The maximum atomic E-state index is 5.59. The molecule has 0 aliphatic carbocycles. The van der Waals surface area contributed by atoms with Crippen LogP contribution < -0.4 is 0 Å². The van der Waals surface area contributed by atoms with E-state index in [9.17, 15) is 0 Å². The third-order valence-electron chi connectivity index (χ3n) is 2.14. The van der Waals surface area contributed by atoms with E-state index in [1.54, 1.807) is 0 Å². The summed E-state index contributed by atoms with van der Waals surface area (Å²) in [4.78, 5) is 0. The van der Waals surface area contributed by atoms with Gasteiger partial charge >= 0.3 is 0 Å². The molecular formula is C11H18OSi. The second-order valence-electron chi connectivity index (χ2n) is 3.76. The number of benzene rings is 1. The van der Waals surface area contributed by atoms with E-state index in [0.717, 1.165) is 16.9 Å². The predicted molar refractivity (Wildman–Crippen MR) is 59.7 cm³/mol. The van der Waals surface area contributed by atoms with Gasteiger partial charge in [-0.1, -0.05) is 44.2 Å². The predicted octanol–water partition coefficient (Wildman–Crippen LogP) is 2.07. The van der Waals surface area contributed by atoms with Crippen LogP contribution >= 0.6 is 0 Å². The Morgan fingerprint density at radius 1 is 1.23 bits per heavy atom. The van der Waals surface area contributed by atoms with E-state index in [-0.39, 0.29) is 0 Å². The first-order chi connectivity index (χ1) is 6.24. The second-order valence-corrected chi connectivity index (χ2v) is 4.24. The van der Waals surface area contributed by atoms with Crippen molar-refractivity contribution in [3.63, 3.8) is 0 Å². The summed E-state index contributed by atoms with van der Waals surface area (Å²) in [7, 11) is 0.812. The summed E-state index contributed by atoms with van der Waals surface area (Å²) in [5.74, 6) is 0.694. The van der Waals surface area contributed by atoms with Crippen LogP contribution in [0.15, 0.2) is 30.3 Å². The molecule has 0 heterocycles. The van der Waals surface area contributed by atoms with Crippen molar-refractivity contribution >= 4 is 10.5 Å². The van der Waals surface area contributed by atoms with Gasteiger partial charge in [0.25, 0.3) is 0 Å². The second kappa shape index (κ2) is 5.20. The van der Waals surface area contributed by atoms with Gasteiger partial charge in [0.2, 0.25) is 0 Å². The Kier molecular flexibility index (Phi) is 4.19. The highest BCUT2D eigenvalue weighted by Crippen LogP contribution is 2.23. The van der Waals surface area contributed by atoms with Gasteiger partial charge in [0.15, 0.2) is 0 Å². The highest BCUT2D eigenvalue weighted by atomic mass is 28.2. The zero-order valence-corrected chi connectivity index (χ0v) is 10.7. The van der Waals surface area contributed by atoms with Gasteiger partial charge in [0.05, 0.1) is 6.10 Å². The smallest absolute Gasteiger partial charge is 0.146 e. The number of rotatable bonds is 4. The Hall–Kier alpha value is -0.603. The molecule has 0 aliphatic rings. The Morgan fingerprint density at radius 3 is 2.31 bits per heavy atom. The molecule has 1 nitrogen and oxygen atoms in total. The molecule has 0 amide bonds. The van der Waals surface area contributed by atoms with Crippen molar-refractivity contribution in [3.8, 4) is 0 Å². The molecule has 0 aliphatic heterocycles. The van der Waals surface area contributed by atoms with Crippen LogP contribution in [0.5, 0.6) is 0 Å². The molecule has 0 bridgehead atoms. The summed E-state index contributed by atoms with van der Waals surface area (Å²) in [6.45, 7) is 4.47. The molecule has 0 N–H and O–H groups in total. The van der Waals surface area contributed by atoms with Crippen LogP contribution in [0.4, 0.5) is 0 Å². The van der Waals surface area contributed by atoms with Gasteiger partial charge in [-0.3, -0.25) is 0 Å². The van der Waals surface area contributed by atoms with Crippen molar-refractivity contribution in [2.75, 3.05) is 0 Å². The topological polar surface area (TPSA) is 9.23 Å². The van der Waals surface area contributed by atoms with E-state index in [1.165, 1.54) is 5.56 Å². The molecule has 0 fully saturated rings. The van der Waals surface area contributed by atoms with E-state index in [2.05, 4.69) is 38.1 Å². The summed E-state index contributed by atoms with van der Waals surface area (Å²) in [6.07, 6.45) is 1.43. The highest BCUT2D eigenvalue weighted by Gasteiger charge is 2.10. The van der Waals surface area contributed by atoms with Crippen LogP contribution in [-0.4, -0.2) is 10.5 Å². The van der Waals surface area contributed by atoms with Crippen molar-refractivity contribution in [2.45, 2.75) is 26.4 Å². The molecule has 1 rings (SSSR count). The first-order valence-electron chi connectivity index (χ1n) is 4.81. The van der Waals surface area contributed by atoms with Crippen molar-refractivity contribution in [1.29, 1.82) is 0 Å². The molecule has 0 aromatic heterocycles. The van der Waals surface area contributed by atoms with Crippen molar-refractivity contribution in [1.82, 2.24) is 0 Å². The minimum absolute atomic E-state index is 0.313. The lowest BCUT2D eigenvalue weighted by Crippen LogP contribution is -2.05. The van der Waals surface area contributed by atoms with E-state index in [1.807, 2.05) is 6.07 Å². The number of hydrogen-bond donors (Lipinski definition) is 0. The van der Waals surface area contributed by atoms with Crippen LogP contribution in [0.2, 0.25) is 0 Å². The summed E-state index contributed by atoms with van der Waals surface area (Å²) in [6, 6.07) is 10.5. The van der Waals surface area contributed by atoms with Crippen molar-refractivity contribution < 1.29 is 4.43 Å². The quantitative estimate of drug-likeness (QED) is 0.667. The maximum Gasteiger partial charge on any atom is 0.146 e. The van der Waals surface area contributed by atoms with Crippen LogP contribution in [0.25, 0.3) is 0 Å². The van der Waals surface area contributed by atoms with Gasteiger partial charge in [-0.2, -0.15) is 0 Å². The lowest BCUT2D eigenvalue weighted by atomic mass is 10.00. The van der Waals surface area contributed by atoms with Crippen LogP contribution in [0.3, 0.4) is 0 Å². The average Bonchev–Trinajstić information content (AvgIpc) is 2.15. The molecule has 0 radical (unpaired) electrons. The lowest BCUT2D eigenvalue weighted by Gasteiger charge is -2.18. The third kappa shape index (κ3) is 3.33. The zero-order valence-electron chi connectivity index (χ0n) is 8.66. The largest absolute Gasteiger partial charge is 0.421 e. The Balaban J connectivity index is 2.67. The molecule has 1 aromatic carbocycles. The summed E-state index contributed by atoms with van der Waals surface area (Å²) in [5.41, 5.74) is 1.31. The van der Waals surface area contributed by atoms with E-state index in [4.69, 9.17) is 4.43 Å². The molecule has 1 unspecified atom stereocenters. The normalized spacial score (nSPS) is 13.5. The van der Waals surface area contributed by atoms with Gasteiger partial charge in [-0.05, 0) is 17.9 Å². The van der Waals surface area contributed by atoms with Crippen molar-refractivity contribution in [2.24, 2.45) is 5.92 Å².